The smallest absolute Gasteiger partial charge is 0.133 e. The van der Waals surface area contributed by atoms with Gasteiger partial charge >= 0.3 is 0 Å². The quantitative estimate of drug-likeness (QED) is 0.921. The Balaban J connectivity index is 2.31. The highest BCUT2D eigenvalue weighted by Crippen LogP contribution is 2.47. The fourth-order valence-electron chi connectivity index (χ4n) is 2.55. The second-order valence-electron chi connectivity index (χ2n) is 4.52. The third-order valence-electron chi connectivity index (χ3n) is 3.70. The normalized spacial score (nSPS) is 17.9. The van der Waals surface area contributed by atoms with Gasteiger partial charge in [0.25, 0.3) is 0 Å². The van der Waals surface area contributed by atoms with Crippen LogP contribution in [0.2, 0.25) is 0 Å². The minimum absolute atomic E-state index is 0.322. The fourth-order valence-corrected chi connectivity index (χ4v) is 2.96. The lowest BCUT2D eigenvalue weighted by atomic mass is 9.62. The Morgan fingerprint density at radius 1 is 1.44 bits per heavy atom. The van der Waals surface area contributed by atoms with Gasteiger partial charge in [0.1, 0.15) is 5.75 Å². The van der Waals surface area contributed by atoms with Crippen LogP contribution >= 0.6 is 15.9 Å². The lowest BCUT2D eigenvalue weighted by molar-refractivity contribution is 0.228. The standard InChI is InChI=1S/C13H18BrNO/c1-16-12-9-10(3-4-11(12)14)13(7-8-15)5-2-6-13/h3-4,9H,2,5-8,15H2,1H3. The molecule has 2 rings (SSSR count). The molecule has 0 heterocycles. The molecule has 1 aliphatic rings. The topological polar surface area (TPSA) is 35.2 Å². The van der Waals surface area contributed by atoms with Gasteiger partial charge in [-0.2, -0.15) is 0 Å². The van der Waals surface area contributed by atoms with E-state index in [0.29, 0.717) is 5.41 Å². The number of hydrogen-bond acceptors (Lipinski definition) is 2. The average Bonchev–Trinajstić information content (AvgIpc) is 2.24. The molecular weight excluding hydrogens is 266 g/mol. The lowest BCUT2D eigenvalue weighted by Crippen LogP contribution is -2.36. The first-order valence-corrected chi connectivity index (χ1v) is 6.55. The number of rotatable bonds is 4. The van der Waals surface area contributed by atoms with E-state index in [1.165, 1.54) is 24.8 Å². The molecule has 0 aromatic heterocycles. The van der Waals surface area contributed by atoms with Gasteiger partial charge in [-0.1, -0.05) is 12.5 Å². The van der Waals surface area contributed by atoms with Gasteiger partial charge in [-0.15, -0.1) is 0 Å². The number of halogens is 1. The molecule has 1 fully saturated rings. The van der Waals surface area contributed by atoms with Crippen LogP contribution < -0.4 is 10.5 Å². The molecule has 1 aromatic carbocycles. The number of methoxy groups -OCH3 is 1. The molecule has 1 aliphatic carbocycles. The highest BCUT2D eigenvalue weighted by Gasteiger charge is 2.37. The Morgan fingerprint density at radius 2 is 2.19 bits per heavy atom. The predicted octanol–water partition coefficient (Wildman–Crippen LogP) is 3.23. The van der Waals surface area contributed by atoms with Crippen LogP contribution in [0.3, 0.4) is 0 Å². The second kappa shape index (κ2) is 4.76. The minimum Gasteiger partial charge on any atom is -0.496 e. The molecule has 0 aliphatic heterocycles. The van der Waals surface area contributed by atoms with E-state index in [4.69, 9.17) is 10.5 Å². The number of hydrogen-bond donors (Lipinski definition) is 1. The maximum Gasteiger partial charge on any atom is 0.133 e. The molecule has 0 unspecified atom stereocenters. The zero-order valence-electron chi connectivity index (χ0n) is 9.63. The SMILES string of the molecule is COc1cc(C2(CCN)CCC2)ccc1Br. The van der Waals surface area contributed by atoms with Crippen molar-refractivity contribution in [2.75, 3.05) is 13.7 Å². The summed E-state index contributed by atoms with van der Waals surface area (Å²) in [4.78, 5) is 0. The van der Waals surface area contributed by atoms with Crippen LogP contribution in [0.15, 0.2) is 22.7 Å². The van der Waals surface area contributed by atoms with E-state index in [-0.39, 0.29) is 0 Å². The third-order valence-corrected chi connectivity index (χ3v) is 4.35. The van der Waals surface area contributed by atoms with Crippen LogP contribution in [0.5, 0.6) is 5.75 Å². The zero-order chi connectivity index (χ0) is 11.6. The summed E-state index contributed by atoms with van der Waals surface area (Å²) in [6.45, 7) is 0.762. The predicted molar refractivity (Wildman–Crippen MR) is 69.9 cm³/mol. The molecule has 3 heteroatoms. The van der Waals surface area contributed by atoms with E-state index in [0.717, 1.165) is 23.2 Å². The Bertz CT molecular complexity index is 374. The molecule has 88 valence electrons. The molecular formula is C13H18BrNO. The first-order chi connectivity index (χ1) is 7.72. The van der Waals surface area contributed by atoms with Crippen molar-refractivity contribution in [2.24, 2.45) is 5.73 Å². The van der Waals surface area contributed by atoms with Crippen molar-refractivity contribution >= 4 is 15.9 Å². The van der Waals surface area contributed by atoms with Crippen molar-refractivity contribution in [1.29, 1.82) is 0 Å². The van der Waals surface area contributed by atoms with E-state index in [1.54, 1.807) is 7.11 Å². The van der Waals surface area contributed by atoms with Gasteiger partial charge < -0.3 is 10.5 Å². The van der Waals surface area contributed by atoms with E-state index < -0.39 is 0 Å². The van der Waals surface area contributed by atoms with Gasteiger partial charge in [-0.25, -0.2) is 0 Å². The molecule has 0 saturated heterocycles. The molecule has 0 radical (unpaired) electrons. The van der Waals surface area contributed by atoms with E-state index in [2.05, 4.69) is 34.1 Å². The van der Waals surface area contributed by atoms with E-state index in [9.17, 15) is 0 Å². The summed E-state index contributed by atoms with van der Waals surface area (Å²) in [5.41, 5.74) is 7.42. The molecule has 0 bridgehead atoms. The van der Waals surface area contributed by atoms with Crippen molar-refractivity contribution in [1.82, 2.24) is 0 Å². The van der Waals surface area contributed by atoms with Gasteiger partial charge in [0, 0.05) is 0 Å². The van der Waals surface area contributed by atoms with Crippen LogP contribution in [-0.2, 0) is 5.41 Å². The number of nitrogens with two attached hydrogens (primary N) is 1. The van der Waals surface area contributed by atoms with Crippen molar-refractivity contribution in [3.63, 3.8) is 0 Å². The van der Waals surface area contributed by atoms with E-state index in [1.807, 2.05) is 0 Å². The van der Waals surface area contributed by atoms with Crippen molar-refractivity contribution < 1.29 is 4.74 Å². The van der Waals surface area contributed by atoms with Gasteiger partial charge in [0.15, 0.2) is 0 Å². The number of ether oxygens (including phenoxy) is 1. The summed E-state index contributed by atoms with van der Waals surface area (Å²) >= 11 is 3.49. The van der Waals surface area contributed by atoms with Crippen LogP contribution in [-0.4, -0.2) is 13.7 Å². The zero-order valence-corrected chi connectivity index (χ0v) is 11.2. The third kappa shape index (κ3) is 1.98. The van der Waals surface area contributed by atoms with Crippen LogP contribution in [0.4, 0.5) is 0 Å². The van der Waals surface area contributed by atoms with Crippen molar-refractivity contribution in [3.05, 3.63) is 28.2 Å². The van der Waals surface area contributed by atoms with Gasteiger partial charge in [0.2, 0.25) is 0 Å². The second-order valence-corrected chi connectivity index (χ2v) is 5.38. The summed E-state index contributed by atoms with van der Waals surface area (Å²) in [5, 5.41) is 0. The van der Waals surface area contributed by atoms with Crippen LogP contribution in [0.25, 0.3) is 0 Å². The van der Waals surface area contributed by atoms with Crippen LogP contribution in [0.1, 0.15) is 31.2 Å². The molecule has 0 amide bonds. The Hall–Kier alpha value is -0.540. The van der Waals surface area contributed by atoms with Crippen molar-refractivity contribution in [2.45, 2.75) is 31.1 Å². The lowest BCUT2D eigenvalue weighted by Gasteiger charge is -2.42. The summed E-state index contributed by atoms with van der Waals surface area (Å²) in [6.07, 6.45) is 4.92. The van der Waals surface area contributed by atoms with E-state index >= 15 is 0 Å². The Labute approximate surface area is 105 Å². The fraction of sp³-hybridized carbons (Fsp3) is 0.538. The summed E-state index contributed by atoms with van der Waals surface area (Å²) in [6, 6.07) is 6.42. The molecule has 1 aromatic rings. The minimum atomic E-state index is 0.322. The molecule has 0 atom stereocenters. The monoisotopic (exact) mass is 283 g/mol. The molecule has 2 N–H and O–H groups in total. The summed E-state index contributed by atoms with van der Waals surface area (Å²) < 4.78 is 6.36. The molecule has 2 nitrogen and oxygen atoms in total. The first-order valence-electron chi connectivity index (χ1n) is 5.76. The maximum absolute atomic E-state index is 5.72. The summed E-state index contributed by atoms with van der Waals surface area (Å²) in [5.74, 6) is 0.917. The molecule has 1 saturated carbocycles. The highest BCUT2D eigenvalue weighted by atomic mass is 79.9. The highest BCUT2D eigenvalue weighted by molar-refractivity contribution is 9.10. The van der Waals surface area contributed by atoms with Gasteiger partial charge in [-0.3, -0.25) is 0 Å². The van der Waals surface area contributed by atoms with Crippen LogP contribution in [0, 0.1) is 0 Å². The Kier molecular flexibility index (Phi) is 3.55. The largest absolute Gasteiger partial charge is 0.496 e. The average molecular weight is 284 g/mol. The number of benzene rings is 1. The maximum atomic E-state index is 5.72. The van der Waals surface area contributed by atoms with Gasteiger partial charge in [-0.05, 0) is 64.8 Å². The van der Waals surface area contributed by atoms with Crippen molar-refractivity contribution in [3.8, 4) is 5.75 Å². The van der Waals surface area contributed by atoms with Gasteiger partial charge in [0.05, 0.1) is 11.6 Å². The molecule has 16 heavy (non-hydrogen) atoms. The molecule has 0 spiro atoms. The Morgan fingerprint density at radius 3 is 2.69 bits per heavy atom. The first kappa shape index (κ1) is 11.9. The summed E-state index contributed by atoms with van der Waals surface area (Å²) in [7, 11) is 1.71.